The molecular formula is C22H30N2O4S. The molecule has 6 nitrogen and oxygen atoms in total. The zero-order valence-corrected chi connectivity index (χ0v) is 18.7. The van der Waals surface area contributed by atoms with Crippen molar-refractivity contribution < 1.29 is 17.9 Å². The molecule has 0 aliphatic heterocycles. The van der Waals surface area contributed by atoms with Crippen LogP contribution in [0.5, 0.6) is 5.75 Å². The minimum Gasteiger partial charge on any atom is -0.497 e. The van der Waals surface area contributed by atoms with Gasteiger partial charge in [-0.3, -0.25) is 9.10 Å². The molecule has 29 heavy (non-hydrogen) atoms. The van der Waals surface area contributed by atoms with Crippen LogP contribution in [0.1, 0.15) is 43.0 Å². The fraction of sp³-hybridized carbons (Fsp3) is 0.409. The summed E-state index contributed by atoms with van der Waals surface area (Å²) in [5, 5.41) is 2.98. The monoisotopic (exact) mass is 418 g/mol. The Hall–Kier alpha value is -2.54. The molecule has 1 amide bonds. The van der Waals surface area contributed by atoms with E-state index in [-0.39, 0.29) is 11.9 Å². The summed E-state index contributed by atoms with van der Waals surface area (Å²) in [6, 6.07) is 11.6. The molecule has 1 N–H and O–H groups in total. The first kappa shape index (κ1) is 22.7. The number of benzene rings is 2. The molecule has 0 unspecified atom stereocenters. The highest BCUT2D eigenvalue weighted by Crippen LogP contribution is 2.26. The van der Waals surface area contributed by atoms with E-state index in [1.54, 1.807) is 38.3 Å². The largest absolute Gasteiger partial charge is 0.497 e. The number of amides is 1. The molecule has 0 aliphatic carbocycles. The molecule has 2 aromatic carbocycles. The fourth-order valence-electron chi connectivity index (χ4n) is 3.49. The number of hydrogen-bond donors (Lipinski definition) is 1. The van der Waals surface area contributed by atoms with Crippen molar-refractivity contribution in [2.75, 3.05) is 17.7 Å². The fourth-order valence-corrected chi connectivity index (χ4v) is 4.70. The summed E-state index contributed by atoms with van der Waals surface area (Å²) in [4.78, 5) is 13.1. The van der Waals surface area contributed by atoms with Crippen LogP contribution >= 0.6 is 0 Å². The smallest absolute Gasteiger partial charge is 0.244 e. The zero-order chi connectivity index (χ0) is 21.8. The maximum atomic E-state index is 13.1. The molecule has 0 heterocycles. The third-order valence-corrected chi connectivity index (χ3v) is 6.09. The summed E-state index contributed by atoms with van der Waals surface area (Å²) in [5.74, 6) is 0.282. The van der Waals surface area contributed by atoms with E-state index in [0.29, 0.717) is 17.9 Å². The number of ether oxygens (including phenoxy) is 1. The Morgan fingerprint density at radius 2 is 1.76 bits per heavy atom. The molecule has 2 rings (SSSR count). The third-order valence-electron chi connectivity index (χ3n) is 4.91. The SMILES string of the molecule is CC[C@@H](C(=O)N[C@H](C)c1ccc(C)cc1C)N(c1ccc(OC)cc1)S(C)(=O)=O. The van der Waals surface area contributed by atoms with E-state index < -0.39 is 16.1 Å². The first-order valence-corrected chi connectivity index (χ1v) is 11.4. The van der Waals surface area contributed by atoms with Gasteiger partial charge in [0.05, 0.1) is 25.1 Å². The molecule has 0 bridgehead atoms. The lowest BCUT2D eigenvalue weighted by Crippen LogP contribution is -2.49. The van der Waals surface area contributed by atoms with E-state index in [0.717, 1.165) is 22.9 Å². The van der Waals surface area contributed by atoms with E-state index in [4.69, 9.17) is 4.74 Å². The van der Waals surface area contributed by atoms with Crippen molar-refractivity contribution >= 4 is 21.6 Å². The molecule has 0 saturated carbocycles. The van der Waals surface area contributed by atoms with Crippen LogP contribution in [-0.4, -0.2) is 33.7 Å². The average Bonchev–Trinajstić information content (AvgIpc) is 2.64. The average molecular weight is 419 g/mol. The zero-order valence-electron chi connectivity index (χ0n) is 17.9. The van der Waals surface area contributed by atoms with Crippen LogP contribution < -0.4 is 14.4 Å². The van der Waals surface area contributed by atoms with Gasteiger partial charge in [0.25, 0.3) is 0 Å². The predicted molar refractivity (Wildman–Crippen MR) is 117 cm³/mol. The lowest BCUT2D eigenvalue weighted by atomic mass is 10.00. The van der Waals surface area contributed by atoms with Gasteiger partial charge in [-0.1, -0.05) is 30.7 Å². The third kappa shape index (κ3) is 5.50. The van der Waals surface area contributed by atoms with Crippen molar-refractivity contribution in [3.63, 3.8) is 0 Å². The molecule has 0 fully saturated rings. The Kier molecular flexibility index (Phi) is 7.30. The van der Waals surface area contributed by atoms with Gasteiger partial charge in [-0.05, 0) is 62.6 Å². The van der Waals surface area contributed by atoms with Gasteiger partial charge in [0, 0.05) is 0 Å². The maximum Gasteiger partial charge on any atom is 0.244 e. The van der Waals surface area contributed by atoms with Crippen molar-refractivity contribution in [2.24, 2.45) is 0 Å². The highest BCUT2D eigenvalue weighted by atomic mass is 32.2. The number of carbonyl (C=O) groups excluding carboxylic acids is 1. The van der Waals surface area contributed by atoms with Crippen LogP contribution in [0, 0.1) is 13.8 Å². The van der Waals surface area contributed by atoms with Gasteiger partial charge in [-0.25, -0.2) is 8.42 Å². The van der Waals surface area contributed by atoms with Gasteiger partial charge in [0.2, 0.25) is 15.9 Å². The van der Waals surface area contributed by atoms with Gasteiger partial charge < -0.3 is 10.1 Å². The first-order chi connectivity index (χ1) is 13.6. The van der Waals surface area contributed by atoms with Crippen LogP contribution in [0.15, 0.2) is 42.5 Å². The second-order valence-electron chi connectivity index (χ2n) is 7.27. The van der Waals surface area contributed by atoms with Gasteiger partial charge in [0.1, 0.15) is 11.8 Å². The van der Waals surface area contributed by atoms with E-state index in [1.165, 1.54) is 4.31 Å². The quantitative estimate of drug-likeness (QED) is 0.709. The number of sulfonamides is 1. The molecule has 2 aromatic rings. The molecule has 0 spiro atoms. The van der Waals surface area contributed by atoms with E-state index >= 15 is 0 Å². The standard InChI is InChI=1S/C22H30N2O4S/c1-7-21(22(25)23-17(4)20-13-8-15(2)14-16(20)3)24(29(6,26)27)18-9-11-19(28-5)12-10-18/h8-14,17,21H,7H2,1-6H3,(H,23,25)/t17-,21+/m1/s1. The van der Waals surface area contributed by atoms with Gasteiger partial charge in [-0.2, -0.15) is 0 Å². The molecule has 0 aromatic heterocycles. The number of methoxy groups -OCH3 is 1. The number of nitrogens with one attached hydrogen (secondary N) is 1. The summed E-state index contributed by atoms with van der Waals surface area (Å²) < 4.78 is 31.4. The van der Waals surface area contributed by atoms with Crippen molar-refractivity contribution in [3.05, 3.63) is 59.2 Å². The molecule has 7 heteroatoms. The van der Waals surface area contributed by atoms with Crippen molar-refractivity contribution in [3.8, 4) is 5.75 Å². The molecular weight excluding hydrogens is 388 g/mol. The van der Waals surface area contributed by atoms with E-state index in [2.05, 4.69) is 11.4 Å². The molecule has 158 valence electrons. The summed E-state index contributed by atoms with van der Waals surface area (Å²) in [6.45, 7) is 7.72. The molecule has 0 aliphatic rings. The number of aryl methyl sites for hydroxylation is 2. The number of anilines is 1. The van der Waals surface area contributed by atoms with Crippen LogP contribution in [0.2, 0.25) is 0 Å². The van der Waals surface area contributed by atoms with Crippen LogP contribution in [0.25, 0.3) is 0 Å². The van der Waals surface area contributed by atoms with Crippen molar-refractivity contribution in [1.29, 1.82) is 0 Å². The first-order valence-electron chi connectivity index (χ1n) is 9.59. The van der Waals surface area contributed by atoms with Gasteiger partial charge in [0.15, 0.2) is 0 Å². The molecule has 0 radical (unpaired) electrons. The number of nitrogens with zero attached hydrogens (tertiary/aromatic N) is 1. The number of carbonyl (C=O) groups is 1. The predicted octanol–water partition coefficient (Wildman–Crippen LogP) is 3.73. The molecule has 0 saturated heterocycles. The van der Waals surface area contributed by atoms with Crippen LogP contribution in [0.4, 0.5) is 5.69 Å². The second kappa shape index (κ2) is 9.31. The topological polar surface area (TPSA) is 75.7 Å². The normalized spacial score (nSPS) is 13.4. The van der Waals surface area contributed by atoms with E-state index in [1.807, 2.05) is 32.9 Å². The Bertz CT molecular complexity index is 955. The van der Waals surface area contributed by atoms with Crippen molar-refractivity contribution in [2.45, 2.75) is 46.2 Å². The number of rotatable bonds is 8. The Morgan fingerprint density at radius 1 is 1.14 bits per heavy atom. The highest BCUT2D eigenvalue weighted by molar-refractivity contribution is 7.92. The Labute approximate surface area is 173 Å². The second-order valence-corrected chi connectivity index (χ2v) is 9.13. The summed E-state index contributed by atoms with van der Waals surface area (Å²) in [6.07, 6.45) is 1.45. The van der Waals surface area contributed by atoms with E-state index in [9.17, 15) is 13.2 Å². The minimum atomic E-state index is -3.68. The summed E-state index contributed by atoms with van der Waals surface area (Å²) >= 11 is 0. The lowest BCUT2D eigenvalue weighted by Gasteiger charge is -2.31. The number of hydrogen-bond acceptors (Lipinski definition) is 4. The Morgan fingerprint density at radius 3 is 2.24 bits per heavy atom. The molecule has 2 atom stereocenters. The lowest BCUT2D eigenvalue weighted by molar-refractivity contribution is -0.122. The minimum absolute atomic E-state index is 0.241. The highest BCUT2D eigenvalue weighted by Gasteiger charge is 2.32. The van der Waals surface area contributed by atoms with Gasteiger partial charge >= 0.3 is 0 Å². The summed E-state index contributed by atoms with van der Waals surface area (Å²) in [7, 11) is -2.13. The summed E-state index contributed by atoms with van der Waals surface area (Å²) in [5.41, 5.74) is 3.67. The van der Waals surface area contributed by atoms with Gasteiger partial charge in [-0.15, -0.1) is 0 Å². The van der Waals surface area contributed by atoms with Crippen LogP contribution in [-0.2, 0) is 14.8 Å². The van der Waals surface area contributed by atoms with Crippen molar-refractivity contribution in [1.82, 2.24) is 5.32 Å². The Balaban J connectivity index is 2.32. The maximum absolute atomic E-state index is 13.1. The van der Waals surface area contributed by atoms with Crippen LogP contribution in [0.3, 0.4) is 0 Å².